The predicted octanol–water partition coefficient (Wildman–Crippen LogP) is 5.06. The molecule has 1 N–H and O–H groups in total. The molecule has 0 fully saturated rings. The second kappa shape index (κ2) is 6.45. The van der Waals surface area contributed by atoms with Crippen molar-refractivity contribution >= 4 is 27.3 Å². The van der Waals surface area contributed by atoms with E-state index in [9.17, 15) is 14.3 Å². The van der Waals surface area contributed by atoms with Crippen molar-refractivity contribution in [3.63, 3.8) is 0 Å². The smallest absolute Gasteiger partial charge is 0.247 e. The summed E-state index contributed by atoms with van der Waals surface area (Å²) in [5.41, 5.74) is 3.23. The summed E-state index contributed by atoms with van der Waals surface area (Å²) in [4.78, 5) is 16.8. The van der Waals surface area contributed by atoms with E-state index in [1.54, 1.807) is 0 Å². The third-order valence-electron chi connectivity index (χ3n) is 3.66. The first-order valence-corrected chi connectivity index (χ1v) is 8.75. The van der Waals surface area contributed by atoms with Crippen LogP contribution in [-0.4, -0.2) is 10.1 Å². The zero-order valence-corrected chi connectivity index (χ0v) is 15.3. The number of nitrogens with zero attached hydrogens (tertiary/aromatic N) is 1. The van der Waals surface area contributed by atoms with Crippen LogP contribution in [0.3, 0.4) is 0 Å². The van der Waals surface area contributed by atoms with E-state index in [4.69, 9.17) is 0 Å². The van der Waals surface area contributed by atoms with Crippen LogP contribution in [0.4, 0.5) is 4.39 Å². The summed E-state index contributed by atoms with van der Waals surface area (Å²) in [6.45, 7) is 3.76. The van der Waals surface area contributed by atoms with Gasteiger partial charge in [0, 0.05) is 10.0 Å². The van der Waals surface area contributed by atoms with Gasteiger partial charge in [-0.25, -0.2) is 9.37 Å². The van der Waals surface area contributed by atoms with Crippen LogP contribution >= 0.6 is 27.3 Å². The van der Waals surface area contributed by atoms with Crippen molar-refractivity contribution in [1.29, 1.82) is 0 Å². The van der Waals surface area contributed by atoms with E-state index in [-0.39, 0.29) is 22.0 Å². The van der Waals surface area contributed by atoms with Gasteiger partial charge in [0.05, 0.1) is 0 Å². The third-order valence-corrected chi connectivity index (χ3v) is 5.03. The number of rotatable bonds is 2. The van der Waals surface area contributed by atoms with Gasteiger partial charge in [-0.3, -0.25) is 4.79 Å². The maximum atomic E-state index is 13.0. The molecule has 0 aliphatic rings. The molecule has 0 amide bonds. The molecular weight excluding hydrogens is 393 g/mol. The van der Waals surface area contributed by atoms with Crippen LogP contribution in [0.15, 0.2) is 45.7 Å². The highest BCUT2D eigenvalue weighted by Crippen LogP contribution is 2.34. The van der Waals surface area contributed by atoms with Gasteiger partial charge >= 0.3 is 0 Å². The summed E-state index contributed by atoms with van der Waals surface area (Å²) in [7, 11) is 0. The number of halogens is 2. The number of hydrogen-bond acceptors (Lipinski definition) is 4. The molecule has 24 heavy (non-hydrogen) atoms. The minimum Gasteiger partial charge on any atom is -0.493 e. The Bertz CT molecular complexity index is 960. The van der Waals surface area contributed by atoms with Gasteiger partial charge in [0.2, 0.25) is 10.6 Å². The first-order chi connectivity index (χ1) is 11.4. The van der Waals surface area contributed by atoms with Crippen molar-refractivity contribution in [1.82, 2.24) is 4.98 Å². The largest absolute Gasteiger partial charge is 0.493 e. The highest BCUT2D eigenvalue weighted by atomic mass is 79.9. The average molecular weight is 406 g/mol. The SMILES string of the molecule is Cc1cc(Br)cc(C)c1-c1c(O)nc(-c2ccc(F)cc2)sc1=O. The van der Waals surface area contributed by atoms with Gasteiger partial charge in [0.1, 0.15) is 16.4 Å². The molecule has 0 spiro atoms. The fourth-order valence-electron chi connectivity index (χ4n) is 2.64. The second-order valence-corrected chi connectivity index (χ2v) is 7.30. The highest BCUT2D eigenvalue weighted by Gasteiger charge is 2.18. The van der Waals surface area contributed by atoms with Crippen LogP contribution in [0.2, 0.25) is 0 Å². The normalized spacial score (nSPS) is 10.8. The monoisotopic (exact) mass is 405 g/mol. The number of aryl methyl sites for hydroxylation is 2. The van der Waals surface area contributed by atoms with E-state index >= 15 is 0 Å². The molecule has 0 atom stereocenters. The van der Waals surface area contributed by atoms with Crippen LogP contribution < -0.4 is 4.74 Å². The van der Waals surface area contributed by atoms with Gasteiger partial charge in [-0.05, 0) is 66.9 Å². The Balaban J connectivity index is 2.19. The van der Waals surface area contributed by atoms with Gasteiger partial charge in [0.25, 0.3) is 0 Å². The molecule has 3 aromatic rings. The van der Waals surface area contributed by atoms with E-state index in [1.807, 2.05) is 26.0 Å². The minimum atomic E-state index is -0.368. The van der Waals surface area contributed by atoms with Gasteiger partial charge < -0.3 is 5.11 Å². The molecule has 0 radical (unpaired) electrons. The van der Waals surface area contributed by atoms with Crippen molar-refractivity contribution in [3.8, 4) is 27.6 Å². The quantitative estimate of drug-likeness (QED) is 0.647. The van der Waals surface area contributed by atoms with Gasteiger partial charge in [-0.1, -0.05) is 27.3 Å². The zero-order chi connectivity index (χ0) is 17.4. The summed E-state index contributed by atoms with van der Waals surface area (Å²) in [5, 5.41) is 10.7. The molecule has 0 bridgehead atoms. The van der Waals surface area contributed by atoms with Crippen molar-refractivity contribution in [3.05, 3.63) is 67.4 Å². The zero-order valence-electron chi connectivity index (χ0n) is 12.9. The maximum Gasteiger partial charge on any atom is 0.247 e. The number of hydrogen-bond donors (Lipinski definition) is 1. The summed E-state index contributed by atoms with van der Waals surface area (Å²) < 4.78 is 13.7. The van der Waals surface area contributed by atoms with Crippen molar-refractivity contribution < 1.29 is 9.50 Å². The summed E-state index contributed by atoms with van der Waals surface area (Å²) in [6, 6.07) is 9.43. The molecule has 2 aromatic carbocycles. The highest BCUT2D eigenvalue weighted by molar-refractivity contribution is 9.10. The molecular formula is C18H13BrFNO2S. The Kier molecular flexibility index (Phi) is 4.51. The third kappa shape index (κ3) is 3.12. The number of aromatic hydroxyl groups is 1. The second-order valence-electron chi connectivity index (χ2n) is 5.43. The lowest BCUT2D eigenvalue weighted by Gasteiger charge is -2.12. The van der Waals surface area contributed by atoms with E-state index in [0.717, 1.165) is 26.9 Å². The Hall–Kier alpha value is -2.05. The summed E-state index contributed by atoms with van der Waals surface area (Å²) in [5.74, 6) is -0.681. The minimum absolute atomic E-state index is 0.202. The van der Waals surface area contributed by atoms with Crippen molar-refractivity contribution in [2.24, 2.45) is 0 Å². The number of aromatic nitrogens is 1. The van der Waals surface area contributed by atoms with E-state index in [1.165, 1.54) is 24.3 Å². The Morgan fingerprint density at radius 3 is 2.21 bits per heavy atom. The fraction of sp³-hybridized carbons (Fsp3) is 0.111. The molecule has 0 saturated heterocycles. The van der Waals surface area contributed by atoms with Crippen LogP contribution in [0.25, 0.3) is 21.7 Å². The molecule has 3 rings (SSSR count). The average Bonchev–Trinajstić information content (AvgIpc) is 2.49. The molecule has 0 unspecified atom stereocenters. The van der Waals surface area contributed by atoms with Crippen LogP contribution in [0, 0.1) is 19.7 Å². The molecule has 0 aliphatic heterocycles. The van der Waals surface area contributed by atoms with E-state index in [2.05, 4.69) is 20.9 Å². The molecule has 0 saturated carbocycles. The molecule has 122 valence electrons. The summed E-state index contributed by atoms with van der Waals surface area (Å²) in [6.07, 6.45) is 0. The lowest BCUT2D eigenvalue weighted by Crippen LogP contribution is -2.05. The van der Waals surface area contributed by atoms with Crippen molar-refractivity contribution in [2.45, 2.75) is 13.8 Å². The summed E-state index contributed by atoms with van der Waals surface area (Å²) >= 11 is 4.35. The van der Waals surface area contributed by atoms with Gasteiger partial charge in [-0.15, -0.1) is 0 Å². The van der Waals surface area contributed by atoms with E-state index < -0.39 is 0 Å². The molecule has 3 nitrogen and oxygen atoms in total. The standard InChI is InChI=1S/C18H13BrFNO2S/c1-9-7-12(19)8-10(2)14(9)15-16(22)21-17(24-18(15)23)11-3-5-13(20)6-4-11/h3-8,22H,1-2H3. The van der Waals surface area contributed by atoms with Crippen molar-refractivity contribution in [2.75, 3.05) is 0 Å². The number of benzene rings is 2. The molecule has 1 aromatic heterocycles. The Morgan fingerprint density at radius 1 is 1.08 bits per heavy atom. The van der Waals surface area contributed by atoms with Crippen LogP contribution in [-0.2, 0) is 0 Å². The lowest BCUT2D eigenvalue weighted by molar-refractivity contribution is 0.457. The first kappa shape index (κ1) is 16.8. The van der Waals surface area contributed by atoms with E-state index in [0.29, 0.717) is 16.1 Å². The molecule has 6 heteroatoms. The fourth-order valence-corrected chi connectivity index (χ4v) is 4.18. The van der Waals surface area contributed by atoms with Gasteiger partial charge in [-0.2, -0.15) is 0 Å². The lowest BCUT2D eigenvalue weighted by atomic mass is 9.98. The van der Waals surface area contributed by atoms with Gasteiger partial charge in [0.15, 0.2) is 0 Å². The molecule has 1 heterocycles. The van der Waals surface area contributed by atoms with Crippen LogP contribution in [0.1, 0.15) is 11.1 Å². The Labute approximate surface area is 150 Å². The Morgan fingerprint density at radius 2 is 1.67 bits per heavy atom. The molecule has 0 aliphatic carbocycles. The first-order valence-electron chi connectivity index (χ1n) is 7.14. The topological polar surface area (TPSA) is 50.2 Å². The maximum absolute atomic E-state index is 13.0. The predicted molar refractivity (Wildman–Crippen MR) is 98.1 cm³/mol. The van der Waals surface area contributed by atoms with Crippen LogP contribution in [0.5, 0.6) is 5.88 Å².